The van der Waals surface area contributed by atoms with Gasteiger partial charge in [0.2, 0.25) is 0 Å². The highest BCUT2D eigenvalue weighted by Crippen LogP contribution is 2.32. The van der Waals surface area contributed by atoms with Crippen molar-refractivity contribution in [3.63, 3.8) is 0 Å². The molecule has 1 aliphatic heterocycles. The molecule has 0 atom stereocenters. The molecule has 1 saturated heterocycles. The number of para-hydroxylation sites is 1. The van der Waals surface area contributed by atoms with E-state index in [0.717, 1.165) is 42.5 Å². The molecule has 3 heteroatoms. The molecule has 0 saturated carbocycles. The van der Waals surface area contributed by atoms with Crippen molar-refractivity contribution in [3.05, 3.63) is 58.6 Å². The summed E-state index contributed by atoms with van der Waals surface area (Å²) >= 11 is 6.09. The Labute approximate surface area is 137 Å². The highest BCUT2D eigenvalue weighted by molar-refractivity contribution is 6.30. The van der Waals surface area contributed by atoms with Gasteiger partial charge in [-0.05, 0) is 74.5 Å². The van der Waals surface area contributed by atoms with Crippen molar-refractivity contribution in [1.29, 1.82) is 0 Å². The Morgan fingerprint density at radius 2 is 1.86 bits per heavy atom. The van der Waals surface area contributed by atoms with Crippen molar-refractivity contribution in [1.82, 2.24) is 5.32 Å². The Morgan fingerprint density at radius 3 is 2.68 bits per heavy atom. The first-order chi connectivity index (χ1) is 10.7. The maximum atomic E-state index is 6.16. The normalized spacial score (nSPS) is 15.7. The van der Waals surface area contributed by atoms with Gasteiger partial charge in [-0.3, -0.25) is 0 Å². The SMILES string of the molecule is Cc1ccc(Cl)cc1Oc1ccccc1CC1CCNCC1. The van der Waals surface area contributed by atoms with Gasteiger partial charge in [0.05, 0.1) is 0 Å². The van der Waals surface area contributed by atoms with Crippen LogP contribution in [0.4, 0.5) is 0 Å². The van der Waals surface area contributed by atoms with E-state index in [1.807, 2.05) is 31.2 Å². The molecule has 2 nitrogen and oxygen atoms in total. The van der Waals surface area contributed by atoms with E-state index >= 15 is 0 Å². The van der Waals surface area contributed by atoms with Crippen LogP contribution in [0.3, 0.4) is 0 Å². The molecule has 0 amide bonds. The summed E-state index contributed by atoms with van der Waals surface area (Å²) in [6.45, 7) is 4.29. The minimum Gasteiger partial charge on any atom is -0.457 e. The second-order valence-electron chi connectivity index (χ2n) is 6.02. The van der Waals surface area contributed by atoms with E-state index < -0.39 is 0 Å². The van der Waals surface area contributed by atoms with E-state index in [2.05, 4.69) is 23.5 Å². The molecule has 0 aliphatic carbocycles. The van der Waals surface area contributed by atoms with Crippen LogP contribution in [-0.2, 0) is 6.42 Å². The van der Waals surface area contributed by atoms with E-state index in [9.17, 15) is 0 Å². The highest BCUT2D eigenvalue weighted by Gasteiger charge is 2.16. The third-order valence-corrected chi connectivity index (χ3v) is 4.55. The standard InChI is InChI=1S/C19H22ClNO/c1-14-6-7-17(20)13-19(14)22-18-5-3-2-4-16(18)12-15-8-10-21-11-9-15/h2-7,13,15,21H,8-12H2,1H3. The van der Waals surface area contributed by atoms with Gasteiger partial charge in [0.1, 0.15) is 11.5 Å². The minimum absolute atomic E-state index is 0.705. The second kappa shape index (κ2) is 7.17. The van der Waals surface area contributed by atoms with Gasteiger partial charge in [-0.2, -0.15) is 0 Å². The van der Waals surface area contributed by atoms with Crippen molar-refractivity contribution >= 4 is 11.6 Å². The summed E-state index contributed by atoms with van der Waals surface area (Å²) in [6.07, 6.45) is 3.56. The molecule has 3 rings (SSSR count). The Bertz CT molecular complexity index is 635. The highest BCUT2D eigenvalue weighted by atomic mass is 35.5. The molecule has 0 unspecified atom stereocenters. The van der Waals surface area contributed by atoms with Crippen LogP contribution in [0, 0.1) is 12.8 Å². The van der Waals surface area contributed by atoms with Crippen LogP contribution in [0.15, 0.2) is 42.5 Å². The molecular weight excluding hydrogens is 294 g/mol. The van der Waals surface area contributed by atoms with Gasteiger partial charge in [0, 0.05) is 5.02 Å². The first-order valence-corrected chi connectivity index (χ1v) is 8.33. The Morgan fingerprint density at radius 1 is 1.09 bits per heavy atom. The lowest BCUT2D eigenvalue weighted by atomic mass is 9.90. The average molecular weight is 316 g/mol. The van der Waals surface area contributed by atoms with Crippen molar-refractivity contribution in [2.24, 2.45) is 5.92 Å². The van der Waals surface area contributed by atoms with Crippen LogP contribution in [0.2, 0.25) is 5.02 Å². The fourth-order valence-electron chi connectivity index (χ4n) is 2.97. The maximum Gasteiger partial charge on any atom is 0.131 e. The Hall–Kier alpha value is -1.51. The maximum absolute atomic E-state index is 6.16. The topological polar surface area (TPSA) is 21.3 Å². The van der Waals surface area contributed by atoms with Crippen LogP contribution in [-0.4, -0.2) is 13.1 Å². The predicted octanol–water partition coefficient (Wildman–Crippen LogP) is 4.98. The number of nitrogens with one attached hydrogen (secondary N) is 1. The summed E-state index contributed by atoms with van der Waals surface area (Å²) in [5.74, 6) is 2.53. The van der Waals surface area contributed by atoms with Gasteiger partial charge >= 0.3 is 0 Å². The number of piperidine rings is 1. The lowest BCUT2D eigenvalue weighted by molar-refractivity contribution is 0.367. The molecule has 2 aromatic carbocycles. The number of benzene rings is 2. The average Bonchev–Trinajstić information content (AvgIpc) is 2.54. The fraction of sp³-hybridized carbons (Fsp3) is 0.368. The number of ether oxygens (including phenoxy) is 1. The quantitative estimate of drug-likeness (QED) is 0.859. The van der Waals surface area contributed by atoms with Crippen LogP contribution >= 0.6 is 11.6 Å². The van der Waals surface area contributed by atoms with E-state index in [0.29, 0.717) is 5.02 Å². The molecule has 1 fully saturated rings. The molecule has 1 heterocycles. The summed E-state index contributed by atoms with van der Waals surface area (Å²) in [7, 11) is 0. The summed E-state index contributed by atoms with van der Waals surface area (Å²) < 4.78 is 6.16. The molecule has 0 spiro atoms. The van der Waals surface area contributed by atoms with Crippen molar-refractivity contribution in [3.8, 4) is 11.5 Å². The van der Waals surface area contributed by atoms with Crippen LogP contribution < -0.4 is 10.1 Å². The van der Waals surface area contributed by atoms with Crippen LogP contribution in [0.1, 0.15) is 24.0 Å². The van der Waals surface area contributed by atoms with Crippen molar-refractivity contribution < 1.29 is 4.74 Å². The number of halogens is 1. The molecular formula is C19H22ClNO. The van der Waals surface area contributed by atoms with Gasteiger partial charge in [-0.15, -0.1) is 0 Å². The molecule has 0 radical (unpaired) electrons. The summed E-state index contributed by atoms with van der Waals surface area (Å²) in [5, 5.41) is 4.13. The van der Waals surface area contributed by atoms with Gasteiger partial charge in [-0.1, -0.05) is 35.9 Å². The smallest absolute Gasteiger partial charge is 0.131 e. The van der Waals surface area contributed by atoms with Crippen molar-refractivity contribution in [2.45, 2.75) is 26.2 Å². The molecule has 116 valence electrons. The zero-order valence-electron chi connectivity index (χ0n) is 12.9. The predicted molar refractivity (Wildman–Crippen MR) is 92.0 cm³/mol. The molecule has 2 aromatic rings. The van der Waals surface area contributed by atoms with Gasteiger partial charge in [0.15, 0.2) is 0 Å². The lowest BCUT2D eigenvalue weighted by Crippen LogP contribution is -2.28. The lowest BCUT2D eigenvalue weighted by Gasteiger charge is -2.23. The zero-order valence-corrected chi connectivity index (χ0v) is 13.7. The van der Waals surface area contributed by atoms with Gasteiger partial charge in [0.25, 0.3) is 0 Å². The molecule has 1 N–H and O–H groups in total. The van der Waals surface area contributed by atoms with E-state index in [1.54, 1.807) is 0 Å². The largest absolute Gasteiger partial charge is 0.457 e. The molecule has 1 aliphatic rings. The molecule has 22 heavy (non-hydrogen) atoms. The Balaban J connectivity index is 1.80. The van der Waals surface area contributed by atoms with Crippen molar-refractivity contribution in [2.75, 3.05) is 13.1 Å². The van der Waals surface area contributed by atoms with Gasteiger partial charge in [-0.25, -0.2) is 0 Å². The first kappa shape index (κ1) is 15.4. The number of hydrogen-bond donors (Lipinski definition) is 1. The van der Waals surface area contributed by atoms with E-state index in [4.69, 9.17) is 16.3 Å². The molecule has 0 bridgehead atoms. The Kier molecular flexibility index (Phi) is 5.01. The third kappa shape index (κ3) is 3.82. The zero-order chi connectivity index (χ0) is 15.4. The minimum atomic E-state index is 0.705. The van der Waals surface area contributed by atoms with Crippen LogP contribution in [0.25, 0.3) is 0 Å². The number of aryl methyl sites for hydroxylation is 1. The van der Waals surface area contributed by atoms with E-state index in [-0.39, 0.29) is 0 Å². The second-order valence-corrected chi connectivity index (χ2v) is 6.45. The number of hydrogen-bond acceptors (Lipinski definition) is 2. The van der Waals surface area contributed by atoms with Gasteiger partial charge < -0.3 is 10.1 Å². The summed E-state index contributed by atoms with van der Waals surface area (Å²) in [5.41, 5.74) is 2.38. The third-order valence-electron chi connectivity index (χ3n) is 4.31. The molecule has 0 aromatic heterocycles. The number of rotatable bonds is 4. The first-order valence-electron chi connectivity index (χ1n) is 7.95. The van der Waals surface area contributed by atoms with Crippen LogP contribution in [0.5, 0.6) is 11.5 Å². The summed E-state index contributed by atoms with van der Waals surface area (Å²) in [4.78, 5) is 0. The fourth-order valence-corrected chi connectivity index (χ4v) is 3.13. The summed E-state index contributed by atoms with van der Waals surface area (Å²) in [6, 6.07) is 14.1. The van der Waals surface area contributed by atoms with E-state index in [1.165, 1.54) is 18.4 Å². The monoisotopic (exact) mass is 315 g/mol.